The monoisotopic (exact) mass is 306 g/mol. The summed E-state index contributed by atoms with van der Waals surface area (Å²) in [5.41, 5.74) is 4.11. The molecule has 0 aromatic heterocycles. The standard InChI is InChI=1S/C19H14.HO2P/c1-2-6-14(7-3-1)17-13-12-16-9-4-8-15-10-5-11-18(17)19(15)16;1-3-2/h1-13,17H;(H,1,2). The van der Waals surface area contributed by atoms with E-state index in [9.17, 15) is 0 Å². The Morgan fingerprint density at radius 2 is 1.55 bits per heavy atom. The van der Waals surface area contributed by atoms with Gasteiger partial charge in [-0.25, -0.2) is 4.57 Å². The van der Waals surface area contributed by atoms with Crippen LogP contribution in [0.15, 0.2) is 72.8 Å². The smallest absolute Gasteiger partial charge is 0.310 e. The summed E-state index contributed by atoms with van der Waals surface area (Å²) in [4.78, 5) is 6.99. The first-order valence-electron chi connectivity index (χ1n) is 7.06. The molecule has 0 heterocycles. The second-order valence-electron chi connectivity index (χ2n) is 5.12. The molecule has 0 radical (unpaired) electrons. The quantitative estimate of drug-likeness (QED) is 0.629. The lowest BCUT2D eigenvalue weighted by Gasteiger charge is -2.21. The number of rotatable bonds is 1. The molecular formula is C19H15O2P. The van der Waals surface area contributed by atoms with Gasteiger partial charge >= 0.3 is 8.69 Å². The summed E-state index contributed by atoms with van der Waals surface area (Å²) in [6.45, 7) is 0. The zero-order valence-corrected chi connectivity index (χ0v) is 12.8. The largest absolute Gasteiger partial charge is 0.324 e. The Bertz CT molecular complexity index is 820. The van der Waals surface area contributed by atoms with Crippen molar-refractivity contribution in [3.05, 3.63) is 89.5 Å². The molecule has 22 heavy (non-hydrogen) atoms. The lowest BCUT2D eigenvalue weighted by atomic mass is 9.82. The van der Waals surface area contributed by atoms with Crippen LogP contribution in [-0.2, 0) is 4.57 Å². The van der Waals surface area contributed by atoms with Crippen molar-refractivity contribution in [1.82, 2.24) is 0 Å². The highest BCUT2D eigenvalue weighted by molar-refractivity contribution is 7.16. The third-order valence-corrected chi connectivity index (χ3v) is 3.93. The van der Waals surface area contributed by atoms with Crippen LogP contribution < -0.4 is 0 Å². The van der Waals surface area contributed by atoms with Crippen LogP contribution >= 0.6 is 8.69 Å². The van der Waals surface area contributed by atoms with E-state index in [0.717, 1.165) is 0 Å². The van der Waals surface area contributed by atoms with Gasteiger partial charge in [0.15, 0.2) is 0 Å². The molecule has 3 aromatic carbocycles. The van der Waals surface area contributed by atoms with Crippen molar-refractivity contribution in [3.8, 4) is 0 Å². The third-order valence-electron chi connectivity index (χ3n) is 3.93. The van der Waals surface area contributed by atoms with E-state index in [4.69, 9.17) is 9.46 Å². The average Bonchev–Trinajstić information content (AvgIpc) is 2.57. The number of hydrogen-bond donors (Lipinski definition) is 1. The van der Waals surface area contributed by atoms with Crippen LogP contribution in [0.2, 0.25) is 0 Å². The normalized spacial score (nSPS) is 15.4. The van der Waals surface area contributed by atoms with Crippen LogP contribution in [0, 0.1) is 0 Å². The van der Waals surface area contributed by atoms with E-state index in [1.807, 2.05) is 0 Å². The Balaban J connectivity index is 0.000000446. The summed E-state index contributed by atoms with van der Waals surface area (Å²) < 4.78 is 8.46. The lowest BCUT2D eigenvalue weighted by molar-refractivity contribution is 0.524. The number of allylic oxidation sites excluding steroid dienone is 1. The molecule has 3 heteroatoms. The summed E-state index contributed by atoms with van der Waals surface area (Å²) in [7, 11) is -0.833. The number of hydrogen-bond acceptors (Lipinski definition) is 1. The van der Waals surface area contributed by atoms with Gasteiger partial charge in [-0.2, -0.15) is 0 Å². The third kappa shape index (κ3) is 2.71. The highest BCUT2D eigenvalue weighted by Gasteiger charge is 2.18. The zero-order chi connectivity index (χ0) is 15.4. The van der Waals surface area contributed by atoms with Gasteiger partial charge in [0.25, 0.3) is 0 Å². The molecule has 1 atom stereocenters. The number of benzene rings is 3. The maximum atomic E-state index is 8.46. The minimum Gasteiger partial charge on any atom is -0.310 e. The van der Waals surface area contributed by atoms with Crippen LogP contribution in [0.4, 0.5) is 0 Å². The fraction of sp³-hybridized carbons (Fsp3) is 0.0526. The SMILES string of the molecule is C1=CC(c2ccccc2)c2cccc3cccc1c23.O=PO. The average molecular weight is 306 g/mol. The lowest BCUT2D eigenvalue weighted by Crippen LogP contribution is -2.02. The topological polar surface area (TPSA) is 37.3 Å². The van der Waals surface area contributed by atoms with Crippen LogP contribution in [0.1, 0.15) is 22.6 Å². The summed E-state index contributed by atoms with van der Waals surface area (Å²) in [5.74, 6) is 0.375. The fourth-order valence-corrected chi connectivity index (χ4v) is 3.05. The molecule has 108 valence electrons. The molecule has 0 fully saturated rings. The Morgan fingerprint density at radius 1 is 0.864 bits per heavy atom. The minimum atomic E-state index is -0.833. The van der Waals surface area contributed by atoms with E-state index in [1.165, 1.54) is 27.5 Å². The summed E-state index contributed by atoms with van der Waals surface area (Å²) >= 11 is 0. The molecule has 4 rings (SSSR count). The van der Waals surface area contributed by atoms with Gasteiger partial charge in [0, 0.05) is 5.92 Å². The summed E-state index contributed by atoms with van der Waals surface area (Å²) in [6.07, 6.45) is 4.57. The Labute approximate surface area is 131 Å². The second-order valence-corrected chi connectivity index (χ2v) is 5.29. The van der Waals surface area contributed by atoms with Crippen molar-refractivity contribution in [2.45, 2.75) is 5.92 Å². The Hall–Kier alpha value is -2.28. The first-order valence-corrected chi connectivity index (χ1v) is 7.83. The fourth-order valence-electron chi connectivity index (χ4n) is 3.05. The molecule has 3 aromatic rings. The molecule has 0 amide bonds. The first-order chi connectivity index (χ1) is 10.8. The van der Waals surface area contributed by atoms with Gasteiger partial charge in [0.2, 0.25) is 0 Å². The van der Waals surface area contributed by atoms with Gasteiger partial charge in [0.1, 0.15) is 0 Å². The second kappa shape index (κ2) is 6.65. The van der Waals surface area contributed by atoms with Gasteiger partial charge in [-0.3, -0.25) is 0 Å². The molecule has 2 nitrogen and oxygen atoms in total. The van der Waals surface area contributed by atoms with Gasteiger partial charge in [-0.15, -0.1) is 0 Å². The molecule has 1 aliphatic carbocycles. The Morgan fingerprint density at radius 3 is 2.27 bits per heavy atom. The van der Waals surface area contributed by atoms with Crippen LogP contribution in [0.25, 0.3) is 16.8 Å². The van der Waals surface area contributed by atoms with E-state index in [1.54, 1.807) is 0 Å². The van der Waals surface area contributed by atoms with E-state index < -0.39 is 8.69 Å². The molecule has 1 unspecified atom stereocenters. The predicted molar refractivity (Wildman–Crippen MR) is 91.1 cm³/mol. The van der Waals surface area contributed by atoms with Crippen molar-refractivity contribution < 1.29 is 9.46 Å². The van der Waals surface area contributed by atoms with E-state index >= 15 is 0 Å². The first kappa shape index (κ1) is 14.6. The molecule has 1 N–H and O–H groups in total. The maximum Gasteiger partial charge on any atom is 0.324 e. The molecule has 0 aliphatic heterocycles. The maximum absolute atomic E-state index is 8.46. The van der Waals surface area contributed by atoms with Crippen molar-refractivity contribution in [3.63, 3.8) is 0 Å². The highest BCUT2D eigenvalue weighted by atomic mass is 31.1. The van der Waals surface area contributed by atoms with Gasteiger partial charge in [-0.1, -0.05) is 78.9 Å². The molecule has 0 bridgehead atoms. The zero-order valence-electron chi connectivity index (χ0n) is 11.9. The molecule has 1 aliphatic rings. The molecular weight excluding hydrogens is 291 g/mol. The predicted octanol–water partition coefficient (Wildman–Crippen LogP) is 5.18. The van der Waals surface area contributed by atoms with Crippen LogP contribution in [-0.4, -0.2) is 4.89 Å². The van der Waals surface area contributed by atoms with Gasteiger partial charge < -0.3 is 4.89 Å². The van der Waals surface area contributed by atoms with Crippen molar-refractivity contribution in [2.75, 3.05) is 0 Å². The van der Waals surface area contributed by atoms with E-state index in [-0.39, 0.29) is 0 Å². The van der Waals surface area contributed by atoms with Gasteiger partial charge in [0.05, 0.1) is 0 Å². The molecule has 0 saturated carbocycles. The van der Waals surface area contributed by atoms with Crippen molar-refractivity contribution in [2.24, 2.45) is 0 Å². The van der Waals surface area contributed by atoms with Crippen LogP contribution in [0.3, 0.4) is 0 Å². The van der Waals surface area contributed by atoms with Crippen molar-refractivity contribution in [1.29, 1.82) is 0 Å². The molecule has 0 saturated heterocycles. The minimum absolute atomic E-state index is 0.375. The summed E-state index contributed by atoms with van der Waals surface area (Å²) in [6, 6.07) is 23.9. The van der Waals surface area contributed by atoms with Crippen LogP contribution in [0.5, 0.6) is 0 Å². The Kier molecular flexibility index (Phi) is 4.43. The van der Waals surface area contributed by atoms with Gasteiger partial charge in [-0.05, 0) is 27.5 Å². The van der Waals surface area contributed by atoms with Crippen molar-refractivity contribution >= 4 is 25.5 Å². The highest BCUT2D eigenvalue weighted by Crippen LogP contribution is 2.37. The molecule has 0 spiro atoms. The van der Waals surface area contributed by atoms with E-state index in [2.05, 4.69) is 78.9 Å². The van der Waals surface area contributed by atoms with E-state index in [0.29, 0.717) is 5.92 Å². The summed E-state index contributed by atoms with van der Waals surface area (Å²) in [5, 5.41) is 2.74.